The first-order valence-corrected chi connectivity index (χ1v) is 9.97. The maximum absolute atomic E-state index is 12.8. The van der Waals surface area contributed by atoms with Crippen molar-refractivity contribution in [2.24, 2.45) is 14.1 Å². The Labute approximate surface area is 162 Å². The van der Waals surface area contributed by atoms with Crippen molar-refractivity contribution in [3.05, 3.63) is 61.6 Å². The Morgan fingerprint density at radius 2 is 1.81 bits per heavy atom. The van der Waals surface area contributed by atoms with E-state index in [-0.39, 0.29) is 11.2 Å². The number of thioether (sulfide) groups is 1. The zero-order chi connectivity index (χ0) is 19.7. The third-order valence-electron chi connectivity index (χ3n) is 4.66. The molecule has 1 aromatic carbocycles. The summed E-state index contributed by atoms with van der Waals surface area (Å²) in [6.07, 6.45) is 1.60. The lowest BCUT2D eigenvalue weighted by Gasteiger charge is -2.12. The molecule has 0 aliphatic carbocycles. The van der Waals surface area contributed by atoms with Crippen LogP contribution in [0.1, 0.15) is 35.9 Å². The van der Waals surface area contributed by atoms with E-state index < -0.39 is 0 Å². The third-order valence-corrected chi connectivity index (χ3v) is 5.68. The Kier molecular flexibility index (Phi) is 5.51. The van der Waals surface area contributed by atoms with Crippen LogP contribution in [-0.2, 0) is 26.3 Å². The van der Waals surface area contributed by atoms with Gasteiger partial charge in [0, 0.05) is 26.3 Å². The van der Waals surface area contributed by atoms with E-state index in [2.05, 4.69) is 48.9 Å². The smallest absolute Gasteiger partial charge is 0.280 e. The van der Waals surface area contributed by atoms with Crippen LogP contribution in [0.25, 0.3) is 11.0 Å². The van der Waals surface area contributed by atoms with E-state index in [0.29, 0.717) is 34.1 Å². The largest absolute Gasteiger partial charge is 0.332 e. The molecule has 7 heteroatoms. The average molecular weight is 385 g/mol. The lowest BCUT2D eigenvalue weighted by Crippen LogP contribution is -2.37. The summed E-state index contributed by atoms with van der Waals surface area (Å²) in [5.41, 5.74) is 3.31. The molecular formula is C20H24N4O2S. The van der Waals surface area contributed by atoms with Gasteiger partial charge in [0.1, 0.15) is 16.2 Å². The van der Waals surface area contributed by atoms with Gasteiger partial charge < -0.3 is 0 Å². The number of hydrogen-bond donors (Lipinski definition) is 0. The fourth-order valence-corrected chi connectivity index (χ4v) is 4.11. The molecule has 0 unspecified atom stereocenters. The van der Waals surface area contributed by atoms with Crippen molar-refractivity contribution >= 4 is 22.8 Å². The molecule has 0 saturated carbocycles. The summed E-state index contributed by atoms with van der Waals surface area (Å²) >= 11 is 1.52. The van der Waals surface area contributed by atoms with E-state index in [4.69, 9.17) is 0 Å². The third kappa shape index (κ3) is 3.69. The van der Waals surface area contributed by atoms with E-state index in [0.717, 1.165) is 11.0 Å². The Morgan fingerprint density at radius 1 is 1.07 bits per heavy atom. The van der Waals surface area contributed by atoms with Gasteiger partial charge in [-0.15, -0.1) is 11.8 Å². The van der Waals surface area contributed by atoms with Crippen LogP contribution in [-0.4, -0.2) is 19.1 Å². The highest BCUT2D eigenvalue weighted by atomic mass is 32.2. The van der Waals surface area contributed by atoms with Crippen molar-refractivity contribution in [2.75, 3.05) is 0 Å². The van der Waals surface area contributed by atoms with Crippen LogP contribution in [0.4, 0.5) is 0 Å². The summed E-state index contributed by atoms with van der Waals surface area (Å²) in [6.45, 7) is 6.21. The second kappa shape index (κ2) is 7.68. The second-order valence-corrected chi connectivity index (χ2v) is 7.78. The average Bonchev–Trinajstić information content (AvgIpc) is 2.65. The van der Waals surface area contributed by atoms with E-state index in [9.17, 15) is 9.59 Å². The lowest BCUT2D eigenvalue weighted by atomic mass is 10.1. The molecule has 2 heterocycles. The van der Waals surface area contributed by atoms with Gasteiger partial charge in [0.05, 0.1) is 0 Å². The summed E-state index contributed by atoms with van der Waals surface area (Å²) in [5, 5.41) is 1.05. The van der Waals surface area contributed by atoms with Gasteiger partial charge in [0.2, 0.25) is 0 Å². The second-order valence-electron chi connectivity index (χ2n) is 6.82. The predicted octanol–water partition coefficient (Wildman–Crippen LogP) is 2.89. The van der Waals surface area contributed by atoms with Crippen LogP contribution >= 0.6 is 11.8 Å². The molecule has 2 aromatic heterocycles. The quantitative estimate of drug-likeness (QED) is 0.500. The lowest BCUT2D eigenvalue weighted by molar-refractivity contribution is 0.696. The topological polar surface area (TPSA) is 69.8 Å². The summed E-state index contributed by atoms with van der Waals surface area (Å²) < 4.78 is 2.55. The zero-order valence-electron chi connectivity index (χ0n) is 16.4. The van der Waals surface area contributed by atoms with Gasteiger partial charge in [-0.3, -0.25) is 13.9 Å². The van der Waals surface area contributed by atoms with E-state index in [1.54, 1.807) is 7.05 Å². The predicted molar refractivity (Wildman–Crippen MR) is 109 cm³/mol. The number of rotatable bonds is 5. The first-order chi connectivity index (χ1) is 12.8. The molecule has 0 aliphatic rings. The fraction of sp³-hybridized carbons (Fsp3) is 0.400. The number of aromatic nitrogens is 4. The minimum Gasteiger partial charge on any atom is -0.280 e. The van der Waals surface area contributed by atoms with Crippen LogP contribution in [0, 0.1) is 13.8 Å². The molecule has 6 nitrogen and oxygen atoms in total. The highest BCUT2D eigenvalue weighted by Gasteiger charge is 2.17. The van der Waals surface area contributed by atoms with Gasteiger partial charge in [-0.2, -0.15) is 0 Å². The molecule has 142 valence electrons. The first-order valence-electron chi connectivity index (χ1n) is 8.99. The van der Waals surface area contributed by atoms with Crippen LogP contribution in [0.3, 0.4) is 0 Å². The van der Waals surface area contributed by atoms with E-state index >= 15 is 0 Å². The molecule has 0 N–H and O–H groups in total. The Hall–Kier alpha value is -2.41. The Bertz CT molecular complexity index is 1130. The van der Waals surface area contributed by atoms with Gasteiger partial charge in [0.25, 0.3) is 5.56 Å². The van der Waals surface area contributed by atoms with Crippen LogP contribution in [0.15, 0.2) is 32.8 Å². The minimum atomic E-state index is -0.376. The summed E-state index contributed by atoms with van der Waals surface area (Å²) in [7, 11) is 3.13. The van der Waals surface area contributed by atoms with Crippen molar-refractivity contribution in [3.63, 3.8) is 0 Å². The molecule has 27 heavy (non-hydrogen) atoms. The number of benzene rings is 1. The monoisotopic (exact) mass is 384 g/mol. The molecule has 0 amide bonds. The van der Waals surface area contributed by atoms with Crippen molar-refractivity contribution in [1.82, 2.24) is 19.1 Å². The Morgan fingerprint density at radius 3 is 2.52 bits per heavy atom. The maximum atomic E-state index is 12.8. The van der Waals surface area contributed by atoms with E-state index in [1.165, 1.54) is 40.1 Å². The molecule has 0 aliphatic heterocycles. The summed E-state index contributed by atoms with van der Waals surface area (Å²) in [5.74, 6) is 1.37. The van der Waals surface area contributed by atoms with Gasteiger partial charge in [-0.05, 0) is 31.4 Å². The van der Waals surface area contributed by atoms with Crippen LogP contribution in [0.5, 0.6) is 0 Å². The van der Waals surface area contributed by atoms with Crippen LogP contribution < -0.4 is 11.2 Å². The van der Waals surface area contributed by atoms with Crippen LogP contribution in [0.2, 0.25) is 0 Å². The van der Waals surface area contributed by atoms with Gasteiger partial charge in [-0.1, -0.05) is 30.7 Å². The molecule has 0 fully saturated rings. The number of nitrogens with zero attached hydrogens (tertiary/aromatic N) is 4. The van der Waals surface area contributed by atoms with Crippen molar-refractivity contribution < 1.29 is 0 Å². The molecule has 0 spiro atoms. The summed E-state index contributed by atoms with van der Waals surface area (Å²) in [4.78, 5) is 34.2. The highest BCUT2D eigenvalue weighted by Crippen LogP contribution is 2.27. The molecule has 3 aromatic rings. The molecule has 0 bridgehead atoms. The fourth-order valence-electron chi connectivity index (χ4n) is 3.01. The summed E-state index contributed by atoms with van der Waals surface area (Å²) in [6, 6.07) is 6.36. The molecular weight excluding hydrogens is 360 g/mol. The molecule has 3 rings (SSSR count). The first kappa shape index (κ1) is 19.4. The highest BCUT2D eigenvalue weighted by molar-refractivity contribution is 7.98. The SMILES string of the molecule is CCCc1nc(SCc2cc(C)ccc2C)c2c(=O)n(C)c(=O)n(C)c2n1. The molecule has 0 saturated heterocycles. The minimum absolute atomic E-state index is 0.348. The standard InChI is InChI=1S/C20H24N4O2S/c1-6-7-15-21-17-16(19(25)24(5)20(26)23(17)4)18(22-15)27-11-14-10-12(2)8-9-13(14)3/h8-10H,6-7,11H2,1-5H3. The number of aryl methyl sites for hydroxylation is 4. The zero-order valence-corrected chi connectivity index (χ0v) is 17.2. The Balaban J connectivity index is 2.17. The normalized spacial score (nSPS) is 11.3. The van der Waals surface area contributed by atoms with Gasteiger partial charge in [0.15, 0.2) is 5.65 Å². The maximum Gasteiger partial charge on any atom is 0.332 e. The molecule has 0 atom stereocenters. The number of fused-ring (bicyclic) bond motifs is 1. The van der Waals surface area contributed by atoms with Gasteiger partial charge >= 0.3 is 5.69 Å². The molecule has 0 radical (unpaired) electrons. The van der Waals surface area contributed by atoms with E-state index in [1.807, 2.05) is 0 Å². The van der Waals surface area contributed by atoms with Crippen molar-refractivity contribution in [3.8, 4) is 0 Å². The van der Waals surface area contributed by atoms with Gasteiger partial charge in [-0.25, -0.2) is 14.8 Å². The van der Waals surface area contributed by atoms with Crippen molar-refractivity contribution in [2.45, 2.75) is 44.4 Å². The number of hydrogen-bond acceptors (Lipinski definition) is 5. The van der Waals surface area contributed by atoms with Crippen molar-refractivity contribution in [1.29, 1.82) is 0 Å².